The van der Waals surface area contributed by atoms with Crippen LogP contribution in [0.2, 0.25) is 0 Å². The van der Waals surface area contributed by atoms with Crippen LogP contribution in [0.4, 0.5) is 11.4 Å². The van der Waals surface area contributed by atoms with Crippen LogP contribution in [0.15, 0.2) is 77.3 Å². The van der Waals surface area contributed by atoms with Crippen LogP contribution in [0.1, 0.15) is 24.3 Å². The summed E-state index contributed by atoms with van der Waals surface area (Å²) in [7, 11) is 6.66. The predicted molar refractivity (Wildman–Crippen MR) is 145 cm³/mol. The van der Waals surface area contributed by atoms with Gasteiger partial charge in [0, 0.05) is 30.5 Å². The van der Waals surface area contributed by atoms with Gasteiger partial charge < -0.3 is 25.0 Å². The Labute approximate surface area is 223 Å². The van der Waals surface area contributed by atoms with Gasteiger partial charge in [0.05, 0.1) is 37.4 Å². The largest absolute Gasteiger partial charge is 0.466 e. The Balaban J connectivity index is 1.84. The number of esters is 2. The molecule has 0 saturated carbocycles. The summed E-state index contributed by atoms with van der Waals surface area (Å²) in [4.78, 5) is 32.4. The minimum Gasteiger partial charge on any atom is -0.466 e. The Morgan fingerprint density at radius 3 is 2.21 bits per heavy atom. The summed E-state index contributed by atoms with van der Waals surface area (Å²) in [6.07, 6.45) is 2.25. The topological polar surface area (TPSA) is 112 Å². The van der Waals surface area contributed by atoms with E-state index in [0.29, 0.717) is 17.3 Å². The highest BCUT2D eigenvalue weighted by Gasteiger charge is 2.43. The quantitative estimate of drug-likeness (QED) is 0.580. The van der Waals surface area contributed by atoms with Gasteiger partial charge >= 0.3 is 11.9 Å². The normalized spacial score (nSPS) is 19.9. The first-order valence-electron chi connectivity index (χ1n) is 12.5. The Kier molecular flexibility index (Phi) is 8.03. The average molecular weight is 516 g/mol. The molecule has 2 N–H and O–H groups in total. The Morgan fingerprint density at radius 1 is 1.00 bits per heavy atom. The van der Waals surface area contributed by atoms with Gasteiger partial charge in [-0.25, -0.2) is 9.59 Å². The van der Waals surface area contributed by atoms with Crippen LogP contribution in [-0.2, 0) is 19.1 Å². The number of likely N-dealkylation sites (N-methyl/N-ethyl adjacent to an activating group) is 1. The van der Waals surface area contributed by atoms with Crippen molar-refractivity contribution in [1.29, 1.82) is 5.26 Å². The number of nitrogens with two attached hydrogens (primary N) is 1. The molecule has 1 fully saturated rings. The van der Waals surface area contributed by atoms with Crippen molar-refractivity contribution in [3.63, 3.8) is 0 Å². The first-order chi connectivity index (χ1) is 18.3. The van der Waals surface area contributed by atoms with E-state index in [9.17, 15) is 14.9 Å². The monoisotopic (exact) mass is 515 g/mol. The van der Waals surface area contributed by atoms with Gasteiger partial charge in [-0.1, -0.05) is 30.3 Å². The molecule has 2 aromatic carbocycles. The molecule has 2 heterocycles. The number of benzene rings is 2. The molecule has 38 heavy (non-hydrogen) atoms. The molecule has 0 aliphatic carbocycles. The number of allylic oxidation sites excluding steroid dienone is 1. The molecule has 1 saturated heterocycles. The number of carbonyl (C=O) groups is 2. The first kappa shape index (κ1) is 26.8. The van der Waals surface area contributed by atoms with E-state index < -0.39 is 17.9 Å². The molecule has 0 amide bonds. The third kappa shape index (κ3) is 4.95. The number of rotatable bonds is 6. The lowest BCUT2D eigenvalue weighted by atomic mass is 9.81. The molecule has 2 aromatic rings. The molecule has 0 radical (unpaired) electrons. The summed E-state index contributed by atoms with van der Waals surface area (Å²) in [6.45, 7) is 1.86. The molecule has 0 bridgehead atoms. The molecular weight excluding hydrogens is 482 g/mol. The highest BCUT2D eigenvalue weighted by Crippen LogP contribution is 2.43. The SMILES string of the molecule is COC(=O)C1=C(C(=O)OC)N(c2ccc(N3CCCC(N(C)C)C3)cc2)C(N)=C(C#N)C1c1ccccc1. The van der Waals surface area contributed by atoms with Gasteiger partial charge in [-0.05, 0) is 56.8 Å². The zero-order valence-electron chi connectivity index (χ0n) is 22.2. The second-order valence-electron chi connectivity index (χ2n) is 9.56. The molecule has 2 aliphatic heterocycles. The number of piperidine rings is 1. The fraction of sp³-hybridized carbons (Fsp3) is 0.345. The second kappa shape index (κ2) is 11.4. The second-order valence-corrected chi connectivity index (χ2v) is 9.56. The van der Waals surface area contributed by atoms with Crippen molar-refractivity contribution in [1.82, 2.24) is 4.90 Å². The molecule has 9 nitrogen and oxygen atoms in total. The third-order valence-corrected chi connectivity index (χ3v) is 7.21. The van der Waals surface area contributed by atoms with Gasteiger partial charge in [0.25, 0.3) is 0 Å². The first-order valence-corrected chi connectivity index (χ1v) is 12.5. The summed E-state index contributed by atoms with van der Waals surface area (Å²) < 4.78 is 10.2. The van der Waals surface area contributed by atoms with E-state index in [-0.39, 0.29) is 22.7 Å². The summed E-state index contributed by atoms with van der Waals surface area (Å²) >= 11 is 0. The Hall–Kier alpha value is -4.29. The Bertz CT molecular complexity index is 1290. The van der Waals surface area contributed by atoms with Crippen molar-refractivity contribution in [2.75, 3.05) is 51.2 Å². The van der Waals surface area contributed by atoms with Crippen LogP contribution >= 0.6 is 0 Å². The van der Waals surface area contributed by atoms with Crippen LogP contribution in [0.3, 0.4) is 0 Å². The van der Waals surface area contributed by atoms with Crippen molar-refractivity contribution in [3.05, 3.63) is 82.8 Å². The van der Waals surface area contributed by atoms with Crippen molar-refractivity contribution in [3.8, 4) is 6.07 Å². The number of ether oxygens (including phenoxy) is 2. The van der Waals surface area contributed by atoms with E-state index in [2.05, 4.69) is 30.0 Å². The van der Waals surface area contributed by atoms with Gasteiger partial charge in [0.1, 0.15) is 11.5 Å². The molecule has 4 rings (SSSR count). The van der Waals surface area contributed by atoms with Crippen LogP contribution < -0.4 is 15.5 Å². The molecule has 0 aromatic heterocycles. The molecular formula is C29H33N5O4. The Morgan fingerprint density at radius 2 is 1.63 bits per heavy atom. The maximum atomic E-state index is 13.2. The van der Waals surface area contributed by atoms with Crippen LogP contribution in [-0.4, -0.2) is 64.3 Å². The maximum Gasteiger partial charge on any atom is 0.355 e. The summed E-state index contributed by atoms with van der Waals surface area (Å²) in [5, 5.41) is 10.2. The molecule has 2 atom stereocenters. The van der Waals surface area contributed by atoms with Crippen LogP contribution in [0.5, 0.6) is 0 Å². The van der Waals surface area contributed by atoms with Crippen LogP contribution in [0.25, 0.3) is 0 Å². The number of anilines is 2. The van der Waals surface area contributed by atoms with E-state index in [1.807, 2.05) is 30.3 Å². The zero-order chi connectivity index (χ0) is 27.4. The van der Waals surface area contributed by atoms with E-state index >= 15 is 0 Å². The van der Waals surface area contributed by atoms with Gasteiger partial charge in [0.2, 0.25) is 0 Å². The molecule has 2 aliphatic rings. The summed E-state index contributed by atoms with van der Waals surface area (Å²) in [5.74, 6) is -2.35. The summed E-state index contributed by atoms with van der Waals surface area (Å²) in [6, 6.07) is 19.2. The maximum absolute atomic E-state index is 13.2. The number of nitriles is 1. The number of nitrogens with zero attached hydrogens (tertiary/aromatic N) is 4. The predicted octanol–water partition coefficient (Wildman–Crippen LogP) is 3.11. The number of carbonyl (C=O) groups excluding carboxylic acids is 2. The highest BCUT2D eigenvalue weighted by molar-refractivity contribution is 6.06. The zero-order valence-corrected chi connectivity index (χ0v) is 22.2. The van der Waals surface area contributed by atoms with E-state index in [1.54, 1.807) is 24.3 Å². The van der Waals surface area contributed by atoms with Gasteiger partial charge in [-0.2, -0.15) is 5.26 Å². The fourth-order valence-electron chi connectivity index (χ4n) is 5.20. The molecule has 0 spiro atoms. The lowest BCUT2D eigenvalue weighted by Gasteiger charge is -2.38. The number of hydrogen-bond acceptors (Lipinski definition) is 9. The minimum atomic E-state index is -0.894. The van der Waals surface area contributed by atoms with Crippen molar-refractivity contribution < 1.29 is 19.1 Å². The summed E-state index contributed by atoms with van der Waals surface area (Å²) in [5.41, 5.74) is 8.83. The molecule has 2 unspecified atom stereocenters. The molecule has 198 valence electrons. The number of hydrogen-bond donors (Lipinski definition) is 1. The van der Waals surface area contributed by atoms with E-state index in [0.717, 1.165) is 31.6 Å². The van der Waals surface area contributed by atoms with Crippen molar-refractivity contribution >= 4 is 23.3 Å². The van der Waals surface area contributed by atoms with E-state index in [1.165, 1.54) is 19.1 Å². The van der Waals surface area contributed by atoms with E-state index in [4.69, 9.17) is 15.2 Å². The van der Waals surface area contributed by atoms with Crippen molar-refractivity contribution in [2.24, 2.45) is 5.73 Å². The third-order valence-electron chi connectivity index (χ3n) is 7.21. The van der Waals surface area contributed by atoms with Crippen molar-refractivity contribution in [2.45, 2.75) is 24.8 Å². The number of methoxy groups -OCH3 is 2. The standard InChI is InChI=1S/C29H33N5O4/c1-32(2)22-11-8-16-33(18-22)20-12-14-21(15-13-20)34-26(29(36)38-4)25(28(35)37-3)24(23(17-30)27(34)31)19-9-6-5-7-10-19/h5-7,9-10,12-15,22,24H,8,11,16,18,31H2,1-4H3. The smallest absolute Gasteiger partial charge is 0.355 e. The minimum absolute atomic E-state index is 0.00904. The van der Waals surface area contributed by atoms with Gasteiger partial charge in [-0.3, -0.25) is 4.90 Å². The van der Waals surface area contributed by atoms with Gasteiger partial charge in [0.15, 0.2) is 0 Å². The average Bonchev–Trinajstić information content (AvgIpc) is 2.96. The van der Waals surface area contributed by atoms with Crippen LogP contribution in [0, 0.1) is 11.3 Å². The molecule has 9 heteroatoms. The van der Waals surface area contributed by atoms with Gasteiger partial charge in [-0.15, -0.1) is 0 Å². The highest BCUT2D eigenvalue weighted by atomic mass is 16.5. The lowest BCUT2D eigenvalue weighted by molar-refractivity contribution is -0.139. The lowest BCUT2D eigenvalue weighted by Crippen LogP contribution is -2.45. The fourth-order valence-corrected chi connectivity index (χ4v) is 5.20.